The molecule has 0 spiro atoms. The van der Waals surface area contributed by atoms with Gasteiger partial charge in [-0.1, -0.05) is 25.1 Å². The number of nitrogens with zero attached hydrogens (tertiary/aromatic N) is 1. The van der Waals surface area contributed by atoms with Crippen LogP contribution in [-0.4, -0.2) is 6.21 Å². The van der Waals surface area contributed by atoms with Crippen molar-refractivity contribution in [1.82, 2.24) is 0 Å². The summed E-state index contributed by atoms with van der Waals surface area (Å²) < 4.78 is 0. The SMILES string of the molecule is CCC=Nc1ccccc1. The predicted molar refractivity (Wildman–Crippen MR) is 44.9 cm³/mol. The summed E-state index contributed by atoms with van der Waals surface area (Å²) in [5.74, 6) is 0. The van der Waals surface area contributed by atoms with E-state index >= 15 is 0 Å². The molecule has 0 radical (unpaired) electrons. The highest BCUT2D eigenvalue weighted by Crippen LogP contribution is 2.08. The molecule has 1 nitrogen and oxygen atoms in total. The normalized spacial score (nSPS) is 10.5. The number of para-hydroxylation sites is 1. The molecule has 0 aromatic heterocycles. The molecule has 1 aromatic carbocycles. The Bertz CT molecular complexity index is 201. The van der Waals surface area contributed by atoms with Crippen molar-refractivity contribution < 1.29 is 0 Å². The number of hydrogen-bond donors (Lipinski definition) is 0. The van der Waals surface area contributed by atoms with Crippen molar-refractivity contribution in [1.29, 1.82) is 0 Å². The van der Waals surface area contributed by atoms with E-state index in [0.717, 1.165) is 12.1 Å². The van der Waals surface area contributed by atoms with Crippen LogP contribution in [0.4, 0.5) is 5.69 Å². The van der Waals surface area contributed by atoms with Crippen LogP contribution in [-0.2, 0) is 0 Å². The van der Waals surface area contributed by atoms with Gasteiger partial charge in [0.2, 0.25) is 0 Å². The summed E-state index contributed by atoms with van der Waals surface area (Å²) >= 11 is 0. The first-order chi connectivity index (χ1) is 4.93. The van der Waals surface area contributed by atoms with Gasteiger partial charge in [0.15, 0.2) is 0 Å². The van der Waals surface area contributed by atoms with E-state index in [9.17, 15) is 0 Å². The molecule has 52 valence electrons. The minimum absolute atomic E-state index is 0.995. The van der Waals surface area contributed by atoms with E-state index in [2.05, 4.69) is 11.9 Å². The van der Waals surface area contributed by atoms with Crippen LogP contribution in [0.2, 0.25) is 0 Å². The Labute approximate surface area is 61.4 Å². The Hall–Kier alpha value is -1.11. The lowest BCUT2D eigenvalue weighted by molar-refractivity contribution is 1.31. The molecule has 0 atom stereocenters. The summed E-state index contributed by atoms with van der Waals surface area (Å²) in [6.45, 7) is 2.08. The van der Waals surface area contributed by atoms with Crippen LogP contribution in [0.1, 0.15) is 13.3 Å². The van der Waals surface area contributed by atoms with Crippen molar-refractivity contribution in [2.45, 2.75) is 13.3 Å². The third-order valence-electron chi connectivity index (χ3n) is 1.18. The highest BCUT2D eigenvalue weighted by Gasteiger charge is 1.79. The Kier molecular flexibility index (Phi) is 2.68. The molecule has 10 heavy (non-hydrogen) atoms. The van der Waals surface area contributed by atoms with E-state index in [1.54, 1.807) is 0 Å². The lowest BCUT2D eigenvalue weighted by Gasteiger charge is -1.88. The first-order valence-corrected chi connectivity index (χ1v) is 3.51. The molecular formula is C9H11N. The van der Waals surface area contributed by atoms with Crippen LogP contribution in [0.25, 0.3) is 0 Å². The average molecular weight is 133 g/mol. The highest BCUT2D eigenvalue weighted by molar-refractivity contribution is 5.62. The summed E-state index contributed by atoms with van der Waals surface area (Å²) in [6, 6.07) is 9.95. The van der Waals surface area contributed by atoms with Crippen LogP contribution in [0.3, 0.4) is 0 Å². The first-order valence-electron chi connectivity index (χ1n) is 3.51. The highest BCUT2D eigenvalue weighted by atomic mass is 14.7. The molecule has 0 aliphatic carbocycles. The van der Waals surface area contributed by atoms with Crippen molar-refractivity contribution >= 4 is 11.9 Å². The zero-order valence-electron chi connectivity index (χ0n) is 6.12. The Morgan fingerprint density at radius 3 is 2.60 bits per heavy atom. The fraction of sp³-hybridized carbons (Fsp3) is 0.222. The van der Waals surface area contributed by atoms with Gasteiger partial charge in [0, 0.05) is 6.21 Å². The van der Waals surface area contributed by atoms with Gasteiger partial charge in [-0.2, -0.15) is 0 Å². The van der Waals surface area contributed by atoms with Gasteiger partial charge in [-0.05, 0) is 18.6 Å². The molecule has 0 aliphatic heterocycles. The minimum atomic E-state index is 0.995. The maximum absolute atomic E-state index is 4.20. The molecule has 0 bridgehead atoms. The van der Waals surface area contributed by atoms with E-state index in [4.69, 9.17) is 0 Å². The predicted octanol–water partition coefficient (Wildman–Crippen LogP) is 2.80. The van der Waals surface area contributed by atoms with Crippen LogP contribution in [0.15, 0.2) is 35.3 Å². The molecule has 0 fully saturated rings. The quantitative estimate of drug-likeness (QED) is 0.550. The fourth-order valence-corrected chi connectivity index (χ4v) is 0.711. The number of rotatable bonds is 2. The van der Waals surface area contributed by atoms with E-state index < -0.39 is 0 Å². The Morgan fingerprint density at radius 1 is 1.30 bits per heavy atom. The third kappa shape index (κ3) is 2.02. The maximum atomic E-state index is 4.20. The maximum Gasteiger partial charge on any atom is 0.0625 e. The van der Waals surface area contributed by atoms with Gasteiger partial charge in [-0.25, -0.2) is 0 Å². The van der Waals surface area contributed by atoms with Gasteiger partial charge in [-0.3, -0.25) is 4.99 Å². The second-order valence-corrected chi connectivity index (χ2v) is 2.06. The second-order valence-electron chi connectivity index (χ2n) is 2.06. The molecule has 0 N–H and O–H groups in total. The van der Waals surface area contributed by atoms with Crippen molar-refractivity contribution in [3.8, 4) is 0 Å². The standard InChI is InChI=1S/C9H11N/c1-2-8-10-9-6-4-3-5-7-9/h3-8H,2H2,1H3. The summed E-state index contributed by atoms with van der Waals surface area (Å²) in [7, 11) is 0. The topological polar surface area (TPSA) is 12.4 Å². The lowest BCUT2D eigenvalue weighted by Crippen LogP contribution is -1.66. The van der Waals surface area contributed by atoms with Crippen molar-refractivity contribution in [3.05, 3.63) is 30.3 Å². The molecule has 0 heterocycles. The smallest absolute Gasteiger partial charge is 0.0625 e. The number of benzene rings is 1. The molecule has 0 amide bonds. The van der Waals surface area contributed by atoms with Crippen LogP contribution < -0.4 is 0 Å². The van der Waals surface area contributed by atoms with Gasteiger partial charge in [-0.15, -0.1) is 0 Å². The molecule has 0 saturated heterocycles. The third-order valence-corrected chi connectivity index (χ3v) is 1.18. The van der Waals surface area contributed by atoms with E-state index in [-0.39, 0.29) is 0 Å². The van der Waals surface area contributed by atoms with Gasteiger partial charge in [0.1, 0.15) is 0 Å². The van der Waals surface area contributed by atoms with Crippen molar-refractivity contribution in [2.75, 3.05) is 0 Å². The molecule has 0 unspecified atom stereocenters. The first kappa shape index (κ1) is 7.00. The lowest BCUT2D eigenvalue weighted by atomic mass is 10.3. The van der Waals surface area contributed by atoms with Gasteiger partial charge >= 0.3 is 0 Å². The van der Waals surface area contributed by atoms with Crippen LogP contribution in [0.5, 0.6) is 0 Å². The Balaban J connectivity index is 2.67. The van der Waals surface area contributed by atoms with Crippen LogP contribution in [0, 0.1) is 0 Å². The van der Waals surface area contributed by atoms with Crippen molar-refractivity contribution in [2.24, 2.45) is 4.99 Å². The monoisotopic (exact) mass is 133 g/mol. The fourth-order valence-electron chi connectivity index (χ4n) is 0.711. The number of hydrogen-bond acceptors (Lipinski definition) is 1. The zero-order chi connectivity index (χ0) is 7.23. The Morgan fingerprint density at radius 2 is 2.00 bits per heavy atom. The molecule has 1 heteroatoms. The molecular weight excluding hydrogens is 122 g/mol. The molecule has 0 saturated carbocycles. The summed E-state index contributed by atoms with van der Waals surface area (Å²) in [5, 5.41) is 0. The van der Waals surface area contributed by atoms with Gasteiger partial charge in [0.05, 0.1) is 5.69 Å². The van der Waals surface area contributed by atoms with E-state index in [0.29, 0.717) is 0 Å². The van der Waals surface area contributed by atoms with Gasteiger partial charge < -0.3 is 0 Å². The number of aliphatic imine (C=N–C) groups is 1. The average Bonchev–Trinajstić information content (AvgIpc) is 2.03. The van der Waals surface area contributed by atoms with E-state index in [1.165, 1.54) is 0 Å². The summed E-state index contributed by atoms with van der Waals surface area (Å²) in [5.41, 5.74) is 1.03. The minimum Gasteiger partial charge on any atom is -0.261 e. The van der Waals surface area contributed by atoms with Crippen molar-refractivity contribution in [3.63, 3.8) is 0 Å². The summed E-state index contributed by atoms with van der Waals surface area (Å²) in [4.78, 5) is 4.20. The van der Waals surface area contributed by atoms with E-state index in [1.807, 2.05) is 36.5 Å². The largest absolute Gasteiger partial charge is 0.261 e. The zero-order valence-corrected chi connectivity index (χ0v) is 6.12. The second kappa shape index (κ2) is 3.83. The molecule has 1 aromatic rings. The molecule has 0 aliphatic rings. The summed E-state index contributed by atoms with van der Waals surface area (Å²) in [6.07, 6.45) is 2.91. The van der Waals surface area contributed by atoms with Crippen LogP contribution >= 0.6 is 0 Å². The molecule has 1 rings (SSSR count). The van der Waals surface area contributed by atoms with Gasteiger partial charge in [0.25, 0.3) is 0 Å².